The highest BCUT2D eigenvalue weighted by Crippen LogP contribution is 2.08. The molecule has 0 aliphatic rings. The van der Waals surface area contributed by atoms with Gasteiger partial charge in [-0.2, -0.15) is 0 Å². The number of anilines is 1. The van der Waals surface area contributed by atoms with Gasteiger partial charge in [0.1, 0.15) is 7.85 Å². The minimum atomic E-state index is 1.31. The van der Waals surface area contributed by atoms with Crippen molar-refractivity contribution in [1.29, 1.82) is 0 Å². The lowest BCUT2D eigenvalue weighted by Crippen LogP contribution is -2.19. The van der Waals surface area contributed by atoms with Crippen LogP contribution in [0, 0.1) is 6.92 Å². The van der Waals surface area contributed by atoms with Gasteiger partial charge in [0.05, 0.1) is 0 Å². The van der Waals surface area contributed by atoms with Crippen molar-refractivity contribution in [2.45, 2.75) is 6.92 Å². The van der Waals surface area contributed by atoms with Crippen molar-refractivity contribution < 1.29 is 0 Å². The van der Waals surface area contributed by atoms with E-state index in [-0.39, 0.29) is 0 Å². The molecule has 0 radical (unpaired) electrons. The standard InChI is InChI=1S/C9H14BN/c1-7-4-5-8(10)9(6-7)11(2)3/h4-6H,10H2,1-3H3. The molecule has 0 unspecified atom stereocenters. The molecule has 1 rings (SSSR count). The van der Waals surface area contributed by atoms with E-state index in [1.54, 1.807) is 0 Å². The van der Waals surface area contributed by atoms with Gasteiger partial charge in [0.25, 0.3) is 0 Å². The zero-order valence-electron chi connectivity index (χ0n) is 7.68. The Labute approximate surface area is 69.4 Å². The van der Waals surface area contributed by atoms with E-state index in [1.165, 1.54) is 16.7 Å². The third-order valence-electron chi connectivity index (χ3n) is 1.85. The molecule has 0 aromatic heterocycles. The van der Waals surface area contributed by atoms with Crippen LogP contribution in [0.15, 0.2) is 18.2 Å². The van der Waals surface area contributed by atoms with Crippen LogP contribution in [-0.2, 0) is 0 Å². The summed E-state index contributed by atoms with van der Waals surface area (Å²) in [5, 5.41) is 0. The molecule has 0 saturated carbocycles. The van der Waals surface area contributed by atoms with E-state index in [1.807, 2.05) is 0 Å². The third kappa shape index (κ3) is 1.76. The van der Waals surface area contributed by atoms with E-state index in [0.29, 0.717) is 0 Å². The molecular formula is C9H14BN. The molecule has 0 bridgehead atoms. The van der Waals surface area contributed by atoms with E-state index in [0.717, 1.165) is 0 Å². The summed E-state index contributed by atoms with van der Waals surface area (Å²) < 4.78 is 0. The Kier molecular flexibility index (Phi) is 2.23. The second-order valence-electron chi connectivity index (χ2n) is 3.18. The van der Waals surface area contributed by atoms with Crippen molar-refractivity contribution in [3.63, 3.8) is 0 Å². The highest BCUT2D eigenvalue weighted by molar-refractivity contribution is 6.35. The van der Waals surface area contributed by atoms with Gasteiger partial charge >= 0.3 is 0 Å². The van der Waals surface area contributed by atoms with Gasteiger partial charge in [0, 0.05) is 19.8 Å². The van der Waals surface area contributed by atoms with Gasteiger partial charge in [-0.3, -0.25) is 0 Å². The molecule has 0 atom stereocenters. The van der Waals surface area contributed by atoms with Crippen LogP contribution in [0.3, 0.4) is 0 Å². The Morgan fingerprint density at radius 2 is 1.91 bits per heavy atom. The molecule has 0 aliphatic carbocycles. The van der Waals surface area contributed by atoms with Gasteiger partial charge < -0.3 is 4.90 Å². The first-order chi connectivity index (χ1) is 5.11. The van der Waals surface area contributed by atoms with Crippen LogP contribution in [0.5, 0.6) is 0 Å². The fraction of sp³-hybridized carbons (Fsp3) is 0.333. The number of benzene rings is 1. The van der Waals surface area contributed by atoms with Gasteiger partial charge in [-0.1, -0.05) is 17.6 Å². The first-order valence-electron chi connectivity index (χ1n) is 3.86. The molecule has 1 aromatic rings. The summed E-state index contributed by atoms with van der Waals surface area (Å²) in [6.45, 7) is 2.12. The number of aryl methyl sites for hydroxylation is 1. The lowest BCUT2D eigenvalue weighted by molar-refractivity contribution is 1.13. The van der Waals surface area contributed by atoms with Crippen LogP contribution in [0.1, 0.15) is 5.56 Å². The van der Waals surface area contributed by atoms with Gasteiger partial charge in [-0.25, -0.2) is 0 Å². The second kappa shape index (κ2) is 2.99. The van der Waals surface area contributed by atoms with E-state index >= 15 is 0 Å². The molecule has 58 valence electrons. The minimum absolute atomic E-state index is 1.31. The Hall–Kier alpha value is -0.915. The van der Waals surface area contributed by atoms with Crippen LogP contribution in [-0.4, -0.2) is 21.9 Å². The summed E-state index contributed by atoms with van der Waals surface area (Å²) in [5.41, 5.74) is 3.96. The van der Waals surface area contributed by atoms with Crippen LogP contribution < -0.4 is 10.4 Å². The third-order valence-corrected chi connectivity index (χ3v) is 1.85. The molecule has 0 N–H and O–H groups in total. The van der Waals surface area contributed by atoms with E-state index < -0.39 is 0 Å². The van der Waals surface area contributed by atoms with Crippen molar-refractivity contribution in [2.75, 3.05) is 19.0 Å². The molecule has 0 spiro atoms. The van der Waals surface area contributed by atoms with Crippen LogP contribution in [0.4, 0.5) is 5.69 Å². The molecule has 11 heavy (non-hydrogen) atoms. The molecule has 0 fully saturated rings. The molecule has 0 saturated heterocycles. The van der Waals surface area contributed by atoms with Gasteiger partial charge in [-0.05, 0) is 18.6 Å². The summed E-state index contributed by atoms with van der Waals surface area (Å²) in [6.07, 6.45) is 0. The first-order valence-corrected chi connectivity index (χ1v) is 3.86. The fourth-order valence-corrected chi connectivity index (χ4v) is 1.20. The second-order valence-corrected chi connectivity index (χ2v) is 3.18. The molecule has 2 heteroatoms. The van der Waals surface area contributed by atoms with Gasteiger partial charge in [0.2, 0.25) is 0 Å². The van der Waals surface area contributed by atoms with Crippen LogP contribution >= 0.6 is 0 Å². The predicted octanol–water partition coefficient (Wildman–Crippen LogP) is 0.319. The van der Waals surface area contributed by atoms with Crippen LogP contribution in [0.25, 0.3) is 0 Å². The first kappa shape index (κ1) is 8.18. The van der Waals surface area contributed by atoms with Crippen molar-refractivity contribution >= 4 is 19.0 Å². The Morgan fingerprint density at radius 1 is 1.27 bits per heavy atom. The summed E-state index contributed by atoms with van der Waals surface area (Å²) >= 11 is 0. The lowest BCUT2D eigenvalue weighted by atomic mass is 9.92. The highest BCUT2D eigenvalue weighted by Gasteiger charge is 1.98. The summed E-state index contributed by atoms with van der Waals surface area (Å²) in [4.78, 5) is 2.14. The van der Waals surface area contributed by atoms with E-state index in [4.69, 9.17) is 0 Å². The van der Waals surface area contributed by atoms with Gasteiger partial charge in [-0.15, -0.1) is 0 Å². The Morgan fingerprint density at radius 3 is 2.36 bits per heavy atom. The minimum Gasteiger partial charge on any atom is -0.378 e. The maximum atomic E-state index is 2.20. The SMILES string of the molecule is Bc1ccc(C)cc1N(C)C. The summed E-state index contributed by atoms with van der Waals surface area (Å²) in [7, 11) is 6.28. The highest BCUT2D eigenvalue weighted by atomic mass is 15.1. The summed E-state index contributed by atoms with van der Waals surface area (Å²) in [5.74, 6) is 0. The zero-order chi connectivity index (χ0) is 8.43. The number of rotatable bonds is 1. The van der Waals surface area contributed by atoms with E-state index in [9.17, 15) is 0 Å². The summed E-state index contributed by atoms with van der Waals surface area (Å²) in [6, 6.07) is 6.50. The topological polar surface area (TPSA) is 3.24 Å². The van der Waals surface area contributed by atoms with Crippen molar-refractivity contribution in [3.8, 4) is 0 Å². The average molecular weight is 147 g/mol. The molecule has 0 aliphatic heterocycles. The molecular weight excluding hydrogens is 133 g/mol. The van der Waals surface area contributed by atoms with Crippen molar-refractivity contribution in [2.24, 2.45) is 0 Å². The zero-order valence-corrected chi connectivity index (χ0v) is 7.68. The molecule has 0 amide bonds. The predicted molar refractivity (Wildman–Crippen MR) is 53.7 cm³/mol. The number of nitrogens with zero attached hydrogens (tertiary/aromatic N) is 1. The molecule has 1 aromatic carbocycles. The van der Waals surface area contributed by atoms with Gasteiger partial charge in [0.15, 0.2) is 0 Å². The maximum absolute atomic E-state index is 2.20. The number of hydrogen-bond acceptors (Lipinski definition) is 1. The average Bonchev–Trinajstić information content (AvgIpc) is 1.94. The van der Waals surface area contributed by atoms with Crippen molar-refractivity contribution in [1.82, 2.24) is 0 Å². The fourth-order valence-electron chi connectivity index (χ4n) is 1.20. The Balaban J connectivity index is 3.13. The van der Waals surface area contributed by atoms with Crippen LogP contribution in [0.2, 0.25) is 0 Å². The number of hydrogen-bond donors (Lipinski definition) is 0. The van der Waals surface area contributed by atoms with Crippen molar-refractivity contribution in [3.05, 3.63) is 23.8 Å². The molecule has 0 heterocycles. The monoisotopic (exact) mass is 147 g/mol. The normalized spacial score (nSPS) is 9.73. The smallest absolute Gasteiger partial charge is 0.142 e. The Bertz CT molecular complexity index is 256. The van der Waals surface area contributed by atoms with E-state index in [2.05, 4.69) is 52.0 Å². The maximum Gasteiger partial charge on any atom is 0.142 e. The largest absolute Gasteiger partial charge is 0.378 e. The molecule has 1 nitrogen and oxygen atoms in total. The lowest BCUT2D eigenvalue weighted by Gasteiger charge is -2.16. The quantitative estimate of drug-likeness (QED) is 0.517.